The van der Waals surface area contributed by atoms with E-state index in [1.54, 1.807) is 0 Å². The van der Waals surface area contributed by atoms with Crippen LogP contribution in [-0.4, -0.2) is 52.8 Å². The van der Waals surface area contributed by atoms with Crippen LogP contribution in [-0.2, 0) is 20.4 Å². The number of pyridine rings is 1. The Kier molecular flexibility index (Phi) is 7.37. The summed E-state index contributed by atoms with van der Waals surface area (Å²) < 4.78 is 88.4. The average Bonchev–Trinajstić information content (AvgIpc) is 3.18. The topological polar surface area (TPSA) is 99.4 Å². The molecular formula is C19H18F6N4O4. The second-order valence-electron chi connectivity index (χ2n) is 7.14. The second kappa shape index (κ2) is 9.87. The molecule has 1 fully saturated rings. The number of nitrogens with one attached hydrogen (secondary N) is 1. The van der Waals surface area contributed by atoms with Crippen molar-refractivity contribution in [2.24, 2.45) is 0 Å². The smallest absolute Gasteiger partial charge is 0.415 e. The molecule has 180 valence electrons. The van der Waals surface area contributed by atoms with Gasteiger partial charge in [-0.3, -0.25) is 14.5 Å². The predicted molar refractivity (Wildman–Crippen MR) is 99.1 cm³/mol. The van der Waals surface area contributed by atoms with Crippen molar-refractivity contribution in [2.45, 2.75) is 44.0 Å². The number of halogens is 6. The molecular weight excluding hydrogens is 462 g/mol. The molecule has 2 heterocycles. The lowest BCUT2D eigenvalue weighted by atomic mass is 9.92. The van der Waals surface area contributed by atoms with Crippen LogP contribution in [0.1, 0.15) is 30.7 Å². The van der Waals surface area contributed by atoms with Gasteiger partial charge in [0.25, 0.3) is 5.89 Å². The minimum Gasteiger partial charge on any atom is -0.415 e. The van der Waals surface area contributed by atoms with Crippen LogP contribution in [0.5, 0.6) is 0 Å². The van der Waals surface area contributed by atoms with Crippen molar-refractivity contribution in [1.29, 1.82) is 0 Å². The fourth-order valence-corrected chi connectivity index (χ4v) is 2.80. The summed E-state index contributed by atoms with van der Waals surface area (Å²) in [6.07, 6.45) is -9.67. The Labute approximate surface area is 183 Å². The normalized spacial score (nSPS) is 18.6. The van der Waals surface area contributed by atoms with Gasteiger partial charge >= 0.3 is 12.5 Å². The molecule has 0 aliphatic heterocycles. The SMILES string of the molecule is C=C(CCNC(=O)COC1CC(OC(F)(F)F)C1)c1nnc(-c2ccc(C(F)(F)F)cn2)o1. The highest BCUT2D eigenvalue weighted by atomic mass is 19.4. The summed E-state index contributed by atoms with van der Waals surface area (Å²) in [5, 5.41) is 10.0. The van der Waals surface area contributed by atoms with E-state index in [0.717, 1.165) is 12.1 Å². The maximum absolute atomic E-state index is 12.6. The fourth-order valence-electron chi connectivity index (χ4n) is 2.80. The molecule has 0 atom stereocenters. The van der Waals surface area contributed by atoms with Crippen molar-refractivity contribution in [3.63, 3.8) is 0 Å². The monoisotopic (exact) mass is 480 g/mol. The molecule has 3 rings (SSSR count). The number of hydrogen-bond donors (Lipinski definition) is 1. The summed E-state index contributed by atoms with van der Waals surface area (Å²) in [6.45, 7) is 3.58. The Balaban J connectivity index is 1.37. The van der Waals surface area contributed by atoms with E-state index in [-0.39, 0.29) is 49.9 Å². The van der Waals surface area contributed by atoms with E-state index in [1.165, 1.54) is 0 Å². The first-order valence-electron chi connectivity index (χ1n) is 9.59. The van der Waals surface area contributed by atoms with E-state index in [0.29, 0.717) is 11.8 Å². The van der Waals surface area contributed by atoms with Crippen LogP contribution in [0.2, 0.25) is 0 Å². The largest absolute Gasteiger partial charge is 0.522 e. The van der Waals surface area contributed by atoms with Crippen LogP contribution in [0.25, 0.3) is 17.2 Å². The summed E-state index contributed by atoms with van der Waals surface area (Å²) in [5.41, 5.74) is -0.492. The number of nitrogens with zero attached hydrogens (tertiary/aromatic N) is 3. The van der Waals surface area contributed by atoms with Gasteiger partial charge in [-0.2, -0.15) is 13.2 Å². The van der Waals surface area contributed by atoms with Crippen molar-refractivity contribution >= 4 is 11.5 Å². The van der Waals surface area contributed by atoms with E-state index in [2.05, 4.69) is 31.8 Å². The van der Waals surface area contributed by atoms with Gasteiger partial charge in [0, 0.05) is 31.2 Å². The number of rotatable bonds is 9. The number of alkyl halides is 6. The van der Waals surface area contributed by atoms with E-state index in [9.17, 15) is 31.1 Å². The number of hydrogen-bond acceptors (Lipinski definition) is 7. The zero-order valence-electron chi connectivity index (χ0n) is 16.9. The molecule has 1 N–H and O–H groups in total. The van der Waals surface area contributed by atoms with E-state index < -0.39 is 36.2 Å². The third-order valence-electron chi connectivity index (χ3n) is 4.59. The first kappa shape index (κ1) is 24.6. The highest BCUT2D eigenvalue weighted by molar-refractivity contribution is 5.77. The Morgan fingerprint density at radius 1 is 1.15 bits per heavy atom. The molecule has 0 unspecified atom stereocenters. The number of carbonyl (C=O) groups is 1. The van der Waals surface area contributed by atoms with Crippen molar-refractivity contribution in [1.82, 2.24) is 20.5 Å². The molecule has 2 aromatic heterocycles. The predicted octanol–water partition coefficient (Wildman–Crippen LogP) is 3.75. The third kappa shape index (κ3) is 7.25. The number of ether oxygens (including phenoxy) is 2. The molecule has 1 saturated carbocycles. The summed E-state index contributed by atoms with van der Waals surface area (Å²) in [5.74, 6) is -0.531. The van der Waals surface area contributed by atoms with Crippen LogP contribution in [0.4, 0.5) is 26.3 Å². The maximum Gasteiger partial charge on any atom is 0.522 e. The molecule has 0 radical (unpaired) electrons. The lowest BCUT2D eigenvalue weighted by Crippen LogP contribution is -2.42. The van der Waals surface area contributed by atoms with Gasteiger partial charge < -0.3 is 14.5 Å². The van der Waals surface area contributed by atoms with Crippen molar-refractivity contribution in [2.75, 3.05) is 13.2 Å². The Bertz CT molecular complexity index is 968. The quantitative estimate of drug-likeness (QED) is 0.546. The molecule has 2 aromatic rings. The Morgan fingerprint density at radius 3 is 2.48 bits per heavy atom. The van der Waals surface area contributed by atoms with Crippen molar-refractivity contribution in [3.8, 4) is 11.6 Å². The first-order chi connectivity index (χ1) is 15.4. The lowest BCUT2D eigenvalue weighted by molar-refractivity contribution is -0.357. The van der Waals surface area contributed by atoms with Gasteiger partial charge in [-0.25, -0.2) is 0 Å². The first-order valence-corrected chi connectivity index (χ1v) is 9.59. The zero-order chi connectivity index (χ0) is 24.2. The summed E-state index contributed by atoms with van der Waals surface area (Å²) in [4.78, 5) is 15.4. The number of carbonyl (C=O) groups excluding carboxylic acids is 1. The van der Waals surface area contributed by atoms with Crippen LogP contribution in [0, 0.1) is 0 Å². The van der Waals surface area contributed by atoms with Gasteiger partial charge in [-0.15, -0.1) is 23.4 Å². The van der Waals surface area contributed by atoms with Crippen molar-refractivity contribution in [3.05, 3.63) is 36.4 Å². The standard InChI is InChI=1S/C19H18F6N4O4/c1-10(4-5-26-15(30)9-31-12-6-13(7-12)33-19(23,24)25)16-28-29-17(32-16)14-3-2-11(8-27-14)18(20,21)22/h2-3,8,12-13H,1,4-7,9H2,(H,26,30). The average molecular weight is 480 g/mol. The minimum atomic E-state index is -4.69. The van der Waals surface area contributed by atoms with Crippen LogP contribution in [0.3, 0.4) is 0 Å². The fraction of sp³-hybridized carbons (Fsp3) is 0.474. The van der Waals surface area contributed by atoms with Crippen LogP contribution >= 0.6 is 0 Å². The maximum atomic E-state index is 12.6. The molecule has 0 saturated heterocycles. The van der Waals surface area contributed by atoms with Gasteiger partial charge in [0.15, 0.2) is 0 Å². The van der Waals surface area contributed by atoms with Gasteiger partial charge in [0.05, 0.1) is 17.8 Å². The van der Waals surface area contributed by atoms with E-state index in [4.69, 9.17) is 9.15 Å². The zero-order valence-corrected chi connectivity index (χ0v) is 16.9. The highest BCUT2D eigenvalue weighted by Crippen LogP contribution is 2.32. The third-order valence-corrected chi connectivity index (χ3v) is 4.59. The summed E-state index contributed by atoms with van der Waals surface area (Å²) in [6, 6.07) is 1.94. The molecule has 0 aromatic carbocycles. The Morgan fingerprint density at radius 2 is 1.88 bits per heavy atom. The molecule has 33 heavy (non-hydrogen) atoms. The van der Waals surface area contributed by atoms with Gasteiger partial charge in [0.2, 0.25) is 11.8 Å². The Hall–Kier alpha value is -3.00. The molecule has 0 spiro atoms. The van der Waals surface area contributed by atoms with Gasteiger partial charge in [-0.1, -0.05) is 6.58 Å². The summed E-state index contributed by atoms with van der Waals surface area (Å²) >= 11 is 0. The van der Waals surface area contributed by atoms with Crippen LogP contribution in [0.15, 0.2) is 29.3 Å². The second-order valence-corrected chi connectivity index (χ2v) is 7.14. The number of aromatic nitrogens is 3. The molecule has 1 amide bonds. The van der Waals surface area contributed by atoms with E-state index in [1.807, 2.05) is 0 Å². The lowest BCUT2D eigenvalue weighted by Gasteiger charge is -2.34. The molecule has 1 aliphatic carbocycles. The molecule has 1 aliphatic rings. The van der Waals surface area contributed by atoms with Gasteiger partial charge in [-0.05, 0) is 18.6 Å². The minimum absolute atomic E-state index is 0.0300. The van der Waals surface area contributed by atoms with Crippen molar-refractivity contribution < 1.29 is 45.0 Å². The number of amides is 1. The molecule has 14 heteroatoms. The molecule has 0 bridgehead atoms. The molecule has 8 nitrogen and oxygen atoms in total. The van der Waals surface area contributed by atoms with Gasteiger partial charge in [0.1, 0.15) is 12.3 Å². The van der Waals surface area contributed by atoms with E-state index >= 15 is 0 Å². The summed E-state index contributed by atoms with van der Waals surface area (Å²) in [7, 11) is 0. The van der Waals surface area contributed by atoms with Crippen LogP contribution < -0.4 is 5.32 Å². The highest BCUT2D eigenvalue weighted by Gasteiger charge is 2.40.